The summed E-state index contributed by atoms with van der Waals surface area (Å²) < 4.78 is 5.67. The molecule has 5 nitrogen and oxygen atoms in total. The number of allylic oxidation sites excluding steroid dienone is 1. The van der Waals surface area contributed by atoms with Gasteiger partial charge < -0.3 is 9.73 Å². The molecule has 1 amide bonds. The number of carbonyl (C=O) groups is 2. The van der Waals surface area contributed by atoms with E-state index in [9.17, 15) is 14.4 Å². The molecule has 1 fully saturated rings. The molecule has 0 bridgehead atoms. The Bertz CT molecular complexity index is 1510. The smallest absolute Gasteiger partial charge is 0.349 e. The number of aryl methyl sites for hydroxylation is 1. The first-order valence-electron chi connectivity index (χ1n) is 12.1. The Morgan fingerprint density at radius 2 is 1.66 bits per heavy atom. The molecular weight excluding hydrogens is 438 g/mol. The first-order valence-corrected chi connectivity index (χ1v) is 12.1. The summed E-state index contributed by atoms with van der Waals surface area (Å²) in [5.41, 5.74) is 2.31. The van der Waals surface area contributed by atoms with E-state index in [0.717, 1.165) is 47.6 Å². The van der Waals surface area contributed by atoms with Gasteiger partial charge in [0.2, 0.25) is 0 Å². The van der Waals surface area contributed by atoms with Crippen LogP contribution < -0.4 is 10.9 Å². The van der Waals surface area contributed by atoms with Crippen molar-refractivity contribution in [3.05, 3.63) is 99.4 Å². The van der Waals surface area contributed by atoms with Crippen molar-refractivity contribution in [2.24, 2.45) is 0 Å². The van der Waals surface area contributed by atoms with Gasteiger partial charge in [0.1, 0.15) is 11.1 Å². The van der Waals surface area contributed by atoms with Crippen molar-refractivity contribution < 1.29 is 14.0 Å². The molecule has 0 radical (unpaired) electrons. The topological polar surface area (TPSA) is 76.4 Å². The van der Waals surface area contributed by atoms with E-state index in [1.54, 1.807) is 18.2 Å². The lowest BCUT2D eigenvalue weighted by Crippen LogP contribution is -2.38. The zero-order valence-corrected chi connectivity index (χ0v) is 19.7. The minimum atomic E-state index is -0.645. The summed E-state index contributed by atoms with van der Waals surface area (Å²) >= 11 is 0. The van der Waals surface area contributed by atoms with E-state index in [0.29, 0.717) is 16.5 Å². The lowest BCUT2D eigenvalue weighted by Gasteiger charge is -2.22. The average Bonchev–Trinajstić information content (AvgIpc) is 2.88. The quantitative estimate of drug-likeness (QED) is 0.164. The van der Waals surface area contributed by atoms with Crippen molar-refractivity contribution in [3.63, 3.8) is 0 Å². The van der Waals surface area contributed by atoms with Gasteiger partial charge >= 0.3 is 5.63 Å². The van der Waals surface area contributed by atoms with E-state index in [1.807, 2.05) is 61.5 Å². The van der Waals surface area contributed by atoms with E-state index in [-0.39, 0.29) is 17.4 Å². The molecule has 176 valence electrons. The Morgan fingerprint density at radius 3 is 2.40 bits per heavy atom. The third-order valence-corrected chi connectivity index (χ3v) is 6.71. The van der Waals surface area contributed by atoms with Gasteiger partial charge in [-0.05, 0) is 48.9 Å². The van der Waals surface area contributed by atoms with Crippen LogP contribution in [0.4, 0.5) is 0 Å². The fraction of sp³-hybridized carbons (Fsp3) is 0.233. The molecule has 4 aromatic rings. The highest BCUT2D eigenvalue weighted by Gasteiger charge is 2.20. The maximum absolute atomic E-state index is 12.9. The molecule has 1 aliphatic rings. The molecule has 0 aliphatic heterocycles. The summed E-state index contributed by atoms with van der Waals surface area (Å²) in [6.45, 7) is 1.98. The molecule has 0 saturated heterocycles. The van der Waals surface area contributed by atoms with Gasteiger partial charge in [-0.15, -0.1) is 0 Å². The molecule has 5 heteroatoms. The molecule has 0 atom stereocenters. The van der Waals surface area contributed by atoms with Crippen LogP contribution in [0.15, 0.2) is 76.0 Å². The van der Waals surface area contributed by atoms with Gasteiger partial charge in [-0.1, -0.05) is 79.4 Å². The summed E-state index contributed by atoms with van der Waals surface area (Å²) in [5.74, 6) is -0.492. The van der Waals surface area contributed by atoms with E-state index < -0.39 is 11.5 Å². The van der Waals surface area contributed by atoms with Crippen molar-refractivity contribution in [1.82, 2.24) is 5.32 Å². The van der Waals surface area contributed by atoms with Crippen molar-refractivity contribution in [2.45, 2.75) is 45.1 Å². The molecule has 0 spiro atoms. The number of amides is 1. The van der Waals surface area contributed by atoms with Crippen LogP contribution in [0.25, 0.3) is 27.8 Å². The molecular formula is C30H27NO4. The van der Waals surface area contributed by atoms with Gasteiger partial charge in [0.15, 0.2) is 5.78 Å². The van der Waals surface area contributed by atoms with Crippen LogP contribution in [0.1, 0.15) is 63.9 Å². The molecule has 1 aromatic heterocycles. The van der Waals surface area contributed by atoms with Crippen molar-refractivity contribution in [2.75, 3.05) is 0 Å². The second-order valence-corrected chi connectivity index (χ2v) is 9.25. The monoisotopic (exact) mass is 465 g/mol. The van der Waals surface area contributed by atoms with Crippen LogP contribution in [-0.2, 0) is 0 Å². The highest BCUT2D eigenvalue weighted by molar-refractivity contribution is 6.12. The first kappa shape index (κ1) is 22.8. The molecule has 1 aliphatic carbocycles. The number of nitrogens with one attached hydrogen (secondary N) is 1. The van der Waals surface area contributed by atoms with Gasteiger partial charge in [0.05, 0.1) is 0 Å². The van der Waals surface area contributed by atoms with Crippen molar-refractivity contribution in [3.8, 4) is 0 Å². The summed E-state index contributed by atoms with van der Waals surface area (Å²) in [6, 6.07) is 18.6. The van der Waals surface area contributed by atoms with Crippen molar-refractivity contribution in [1.29, 1.82) is 0 Å². The molecule has 1 saturated carbocycles. The summed E-state index contributed by atoms with van der Waals surface area (Å²) in [6.07, 6.45) is 8.53. The van der Waals surface area contributed by atoms with Crippen molar-refractivity contribution >= 4 is 39.5 Å². The zero-order chi connectivity index (χ0) is 24.4. The van der Waals surface area contributed by atoms with E-state index in [4.69, 9.17) is 4.42 Å². The Labute approximate surface area is 203 Å². The van der Waals surface area contributed by atoms with Gasteiger partial charge in [0, 0.05) is 22.4 Å². The first-order chi connectivity index (χ1) is 17.0. The number of carbonyl (C=O) groups excluding carboxylic acids is 2. The maximum Gasteiger partial charge on any atom is 0.349 e. The number of rotatable bonds is 5. The maximum atomic E-state index is 12.9. The Hall–Kier alpha value is -3.99. The summed E-state index contributed by atoms with van der Waals surface area (Å²) in [5, 5.41) is 5.25. The van der Waals surface area contributed by atoms with Crippen LogP contribution in [0.2, 0.25) is 0 Å². The molecule has 5 rings (SSSR count). The van der Waals surface area contributed by atoms with Gasteiger partial charge in [0.25, 0.3) is 5.91 Å². The van der Waals surface area contributed by atoms with E-state index >= 15 is 0 Å². The molecule has 35 heavy (non-hydrogen) atoms. The Balaban J connectivity index is 1.54. The summed E-state index contributed by atoms with van der Waals surface area (Å²) in [4.78, 5) is 38.4. The number of hydrogen-bond donors (Lipinski definition) is 1. The predicted octanol–water partition coefficient (Wildman–Crippen LogP) is 6.21. The van der Waals surface area contributed by atoms with Crippen LogP contribution in [0.3, 0.4) is 0 Å². The fourth-order valence-corrected chi connectivity index (χ4v) is 4.77. The standard InChI is InChI=1S/C30H27NO4/c1-19-11-13-20(14-12-19)27(32)16-15-21-17-22-18-26(29(33)31-23-7-3-2-4-8-23)30(34)35-28(22)25-10-6-5-9-24(21)25/h5-6,9-18,23H,2-4,7-8H2,1H3,(H,31,33)/b16-15+. The third-order valence-electron chi connectivity index (χ3n) is 6.71. The average molecular weight is 466 g/mol. The SMILES string of the molecule is Cc1ccc(C(=O)/C=C/c2cc3cc(C(=O)NC4CCCCC4)c(=O)oc3c3ccccc23)cc1. The number of benzene rings is 3. The third kappa shape index (κ3) is 4.80. The van der Waals surface area contributed by atoms with Gasteiger partial charge in [-0.25, -0.2) is 4.79 Å². The van der Waals surface area contributed by atoms with Crippen LogP contribution in [0, 0.1) is 6.92 Å². The molecule has 1 N–H and O–H groups in total. The predicted molar refractivity (Wildman–Crippen MR) is 139 cm³/mol. The lowest BCUT2D eigenvalue weighted by atomic mass is 9.95. The van der Waals surface area contributed by atoms with Crippen LogP contribution in [-0.4, -0.2) is 17.7 Å². The number of ketones is 1. The highest BCUT2D eigenvalue weighted by atomic mass is 16.4. The lowest BCUT2D eigenvalue weighted by molar-refractivity contribution is 0.0923. The van der Waals surface area contributed by atoms with Crippen LogP contribution >= 0.6 is 0 Å². The molecule has 0 unspecified atom stereocenters. The second-order valence-electron chi connectivity index (χ2n) is 9.25. The normalized spacial score (nSPS) is 14.5. The zero-order valence-electron chi connectivity index (χ0n) is 19.7. The summed E-state index contributed by atoms with van der Waals surface area (Å²) in [7, 11) is 0. The van der Waals surface area contributed by atoms with Crippen LogP contribution in [0.5, 0.6) is 0 Å². The molecule has 3 aromatic carbocycles. The number of fused-ring (bicyclic) bond motifs is 3. The highest BCUT2D eigenvalue weighted by Crippen LogP contribution is 2.29. The Morgan fingerprint density at radius 1 is 0.943 bits per heavy atom. The minimum Gasteiger partial charge on any atom is -0.421 e. The minimum absolute atomic E-state index is 0.00372. The molecule has 1 heterocycles. The van der Waals surface area contributed by atoms with Gasteiger partial charge in [-0.2, -0.15) is 0 Å². The van der Waals surface area contributed by atoms with E-state index in [1.165, 1.54) is 6.42 Å². The Kier molecular flexibility index (Phi) is 6.32. The van der Waals surface area contributed by atoms with E-state index in [2.05, 4.69) is 5.32 Å². The largest absolute Gasteiger partial charge is 0.421 e. The number of hydrogen-bond acceptors (Lipinski definition) is 4. The fourth-order valence-electron chi connectivity index (χ4n) is 4.77. The second kappa shape index (κ2) is 9.71. The van der Waals surface area contributed by atoms with Gasteiger partial charge in [-0.3, -0.25) is 9.59 Å².